The fourth-order valence-electron chi connectivity index (χ4n) is 2.48. The van der Waals surface area contributed by atoms with Crippen molar-refractivity contribution in [1.29, 1.82) is 0 Å². The predicted molar refractivity (Wildman–Crippen MR) is 59.7 cm³/mol. The van der Waals surface area contributed by atoms with E-state index < -0.39 is 0 Å². The van der Waals surface area contributed by atoms with Crippen molar-refractivity contribution in [2.45, 2.75) is 48.0 Å². The molecule has 74 valence electrons. The van der Waals surface area contributed by atoms with Crippen LogP contribution in [0.5, 0.6) is 0 Å². The molecule has 1 aliphatic rings. The smallest absolute Gasteiger partial charge is 0.0163 e. The highest BCUT2D eigenvalue weighted by Crippen LogP contribution is 2.39. The average molecular weight is 178 g/mol. The first kappa shape index (κ1) is 10.6. The summed E-state index contributed by atoms with van der Waals surface area (Å²) >= 11 is 0. The van der Waals surface area contributed by atoms with Gasteiger partial charge < -0.3 is 0 Å². The Hall–Kier alpha value is -0.520. The molecule has 0 spiro atoms. The minimum atomic E-state index is 0.735. The highest BCUT2D eigenvalue weighted by atomic mass is 14.3. The standard InChI is InChI=1S/C13H22/c1-7-13-11(5)9(3)8(2)10(4)12(13)6/h9,11H,7H2,1-6H3. The maximum Gasteiger partial charge on any atom is -0.0163 e. The number of hydrogen-bond donors (Lipinski definition) is 0. The Labute approximate surface area is 82.7 Å². The Morgan fingerprint density at radius 2 is 1.46 bits per heavy atom. The van der Waals surface area contributed by atoms with Crippen molar-refractivity contribution in [1.82, 2.24) is 0 Å². The molecule has 0 aromatic heterocycles. The molecule has 1 aliphatic carbocycles. The molecule has 0 radical (unpaired) electrons. The molecule has 0 heteroatoms. The summed E-state index contributed by atoms with van der Waals surface area (Å²) in [5.41, 5.74) is 6.32. The Morgan fingerprint density at radius 3 is 1.92 bits per heavy atom. The minimum Gasteiger partial charge on any atom is -0.0667 e. The maximum atomic E-state index is 2.36. The van der Waals surface area contributed by atoms with E-state index in [-0.39, 0.29) is 0 Å². The van der Waals surface area contributed by atoms with E-state index in [2.05, 4.69) is 41.5 Å². The van der Waals surface area contributed by atoms with E-state index in [9.17, 15) is 0 Å². The summed E-state index contributed by atoms with van der Waals surface area (Å²) in [5.74, 6) is 1.48. The first-order chi connectivity index (χ1) is 6.00. The van der Waals surface area contributed by atoms with Crippen LogP contribution in [0, 0.1) is 11.8 Å². The summed E-state index contributed by atoms with van der Waals surface area (Å²) in [7, 11) is 0. The van der Waals surface area contributed by atoms with Gasteiger partial charge in [-0.15, -0.1) is 0 Å². The Bertz CT molecular complexity index is 266. The first-order valence-electron chi connectivity index (χ1n) is 5.38. The van der Waals surface area contributed by atoms with Crippen molar-refractivity contribution >= 4 is 0 Å². The molecule has 0 fully saturated rings. The van der Waals surface area contributed by atoms with E-state index >= 15 is 0 Å². The largest absolute Gasteiger partial charge is 0.0667 e. The zero-order valence-corrected chi connectivity index (χ0v) is 9.86. The van der Waals surface area contributed by atoms with E-state index in [1.807, 2.05) is 0 Å². The molecular formula is C13H22. The second-order valence-corrected chi connectivity index (χ2v) is 4.39. The molecule has 0 saturated carbocycles. The second kappa shape index (κ2) is 3.69. The third-order valence-corrected chi connectivity index (χ3v) is 4.00. The van der Waals surface area contributed by atoms with Crippen LogP contribution in [-0.2, 0) is 0 Å². The van der Waals surface area contributed by atoms with Gasteiger partial charge in [-0.05, 0) is 50.2 Å². The molecule has 0 heterocycles. The summed E-state index contributed by atoms with van der Waals surface area (Å²) in [6.07, 6.45) is 1.21. The van der Waals surface area contributed by atoms with E-state index in [4.69, 9.17) is 0 Å². The molecule has 0 aliphatic heterocycles. The Morgan fingerprint density at radius 1 is 0.923 bits per heavy atom. The van der Waals surface area contributed by atoms with Crippen molar-refractivity contribution in [2.75, 3.05) is 0 Å². The molecule has 0 amide bonds. The van der Waals surface area contributed by atoms with Crippen LogP contribution in [0.25, 0.3) is 0 Å². The molecular weight excluding hydrogens is 156 g/mol. The van der Waals surface area contributed by atoms with Crippen LogP contribution < -0.4 is 0 Å². The first-order valence-corrected chi connectivity index (χ1v) is 5.38. The maximum absolute atomic E-state index is 2.36. The van der Waals surface area contributed by atoms with Crippen molar-refractivity contribution in [3.05, 3.63) is 22.3 Å². The number of allylic oxidation sites excluding steroid dienone is 4. The summed E-state index contributed by atoms with van der Waals surface area (Å²) in [6.45, 7) is 13.8. The molecule has 0 nitrogen and oxygen atoms in total. The number of hydrogen-bond acceptors (Lipinski definition) is 0. The summed E-state index contributed by atoms with van der Waals surface area (Å²) in [5, 5.41) is 0. The fraction of sp³-hybridized carbons (Fsp3) is 0.692. The second-order valence-electron chi connectivity index (χ2n) is 4.39. The van der Waals surface area contributed by atoms with Gasteiger partial charge in [0.05, 0.1) is 0 Å². The van der Waals surface area contributed by atoms with Gasteiger partial charge in [0.25, 0.3) is 0 Å². The van der Waals surface area contributed by atoms with Crippen molar-refractivity contribution in [3.63, 3.8) is 0 Å². The van der Waals surface area contributed by atoms with Crippen LogP contribution >= 0.6 is 0 Å². The minimum absolute atomic E-state index is 0.735. The average Bonchev–Trinajstić information content (AvgIpc) is 2.13. The quantitative estimate of drug-likeness (QED) is 0.560. The highest BCUT2D eigenvalue weighted by Gasteiger charge is 2.25. The van der Waals surface area contributed by atoms with Crippen LogP contribution in [0.2, 0.25) is 0 Å². The lowest BCUT2D eigenvalue weighted by Gasteiger charge is -2.32. The van der Waals surface area contributed by atoms with Crippen LogP contribution in [0.15, 0.2) is 22.3 Å². The van der Waals surface area contributed by atoms with Crippen molar-refractivity contribution in [2.24, 2.45) is 11.8 Å². The fourth-order valence-corrected chi connectivity index (χ4v) is 2.48. The third-order valence-electron chi connectivity index (χ3n) is 4.00. The van der Waals surface area contributed by atoms with Gasteiger partial charge >= 0.3 is 0 Å². The Balaban J connectivity index is 3.19. The molecule has 0 N–H and O–H groups in total. The zero-order chi connectivity index (χ0) is 10.2. The normalized spacial score (nSPS) is 30.0. The summed E-state index contributed by atoms with van der Waals surface area (Å²) < 4.78 is 0. The van der Waals surface area contributed by atoms with Crippen LogP contribution in [-0.4, -0.2) is 0 Å². The lowest BCUT2D eigenvalue weighted by Crippen LogP contribution is -2.19. The molecule has 1 rings (SSSR count). The molecule has 0 aromatic rings. The predicted octanol–water partition coefficient (Wildman–Crippen LogP) is 4.34. The molecule has 2 atom stereocenters. The van der Waals surface area contributed by atoms with E-state index in [1.165, 1.54) is 12.0 Å². The van der Waals surface area contributed by atoms with Crippen LogP contribution in [0.4, 0.5) is 0 Å². The monoisotopic (exact) mass is 178 g/mol. The lowest BCUT2D eigenvalue weighted by atomic mass is 9.73. The lowest BCUT2D eigenvalue weighted by molar-refractivity contribution is 0.475. The van der Waals surface area contributed by atoms with Gasteiger partial charge in [0.15, 0.2) is 0 Å². The van der Waals surface area contributed by atoms with Crippen molar-refractivity contribution in [3.8, 4) is 0 Å². The van der Waals surface area contributed by atoms with Gasteiger partial charge in [0.1, 0.15) is 0 Å². The summed E-state index contributed by atoms with van der Waals surface area (Å²) in [4.78, 5) is 0. The molecule has 0 saturated heterocycles. The highest BCUT2D eigenvalue weighted by molar-refractivity contribution is 5.41. The van der Waals surface area contributed by atoms with Crippen LogP contribution in [0.1, 0.15) is 48.0 Å². The van der Waals surface area contributed by atoms with Gasteiger partial charge in [-0.25, -0.2) is 0 Å². The zero-order valence-electron chi connectivity index (χ0n) is 9.86. The van der Waals surface area contributed by atoms with Gasteiger partial charge in [0, 0.05) is 0 Å². The van der Waals surface area contributed by atoms with E-state index in [1.54, 1.807) is 16.7 Å². The topological polar surface area (TPSA) is 0 Å². The number of rotatable bonds is 1. The molecule has 0 aromatic carbocycles. The molecule has 13 heavy (non-hydrogen) atoms. The molecule has 0 bridgehead atoms. The van der Waals surface area contributed by atoms with Crippen LogP contribution in [0.3, 0.4) is 0 Å². The summed E-state index contributed by atoms with van der Waals surface area (Å²) in [6, 6.07) is 0. The van der Waals surface area contributed by atoms with Gasteiger partial charge in [-0.1, -0.05) is 31.9 Å². The third kappa shape index (κ3) is 1.59. The molecule has 2 unspecified atom stereocenters. The van der Waals surface area contributed by atoms with Gasteiger partial charge in [-0.3, -0.25) is 0 Å². The van der Waals surface area contributed by atoms with Gasteiger partial charge in [0.2, 0.25) is 0 Å². The van der Waals surface area contributed by atoms with Crippen molar-refractivity contribution < 1.29 is 0 Å². The Kier molecular flexibility index (Phi) is 3.00. The van der Waals surface area contributed by atoms with E-state index in [0.717, 1.165) is 11.8 Å². The van der Waals surface area contributed by atoms with Gasteiger partial charge in [-0.2, -0.15) is 0 Å². The SMILES string of the molecule is CCC1=C(C)C(C)=C(C)C(C)C1C. The van der Waals surface area contributed by atoms with E-state index in [0.29, 0.717) is 0 Å².